The van der Waals surface area contributed by atoms with E-state index in [0.29, 0.717) is 6.79 Å². The zero-order chi connectivity index (χ0) is 20.5. The molecule has 0 unspecified atom stereocenters. The standard InChI is InChI=1S/C23H28N4O3/c1-2-9-26-19-5-3-4-6-20(19)27(23(26)28)16-25-12-10-24(11-13-25)15-18-7-8-21-22(14-18)30-17-29-21/h3-8,14H,2,9-13,15-17H2,1H3/p+2. The van der Waals surface area contributed by atoms with E-state index in [0.717, 1.165) is 74.9 Å². The second kappa shape index (κ2) is 8.16. The maximum Gasteiger partial charge on any atom is 0.333 e. The summed E-state index contributed by atoms with van der Waals surface area (Å²) in [5.41, 5.74) is 3.52. The van der Waals surface area contributed by atoms with Gasteiger partial charge in [0.05, 0.1) is 11.0 Å². The van der Waals surface area contributed by atoms with E-state index in [1.54, 1.807) is 4.90 Å². The van der Waals surface area contributed by atoms with Gasteiger partial charge in [-0.2, -0.15) is 0 Å². The number of quaternary nitrogens is 2. The Labute approximate surface area is 176 Å². The molecule has 3 heterocycles. The first kappa shape index (κ1) is 19.2. The Kier molecular flexibility index (Phi) is 5.23. The number of nitrogens with zero attached hydrogens (tertiary/aromatic N) is 2. The monoisotopic (exact) mass is 410 g/mol. The molecule has 1 aromatic heterocycles. The van der Waals surface area contributed by atoms with Crippen molar-refractivity contribution in [2.45, 2.75) is 33.1 Å². The fourth-order valence-corrected chi connectivity index (χ4v) is 4.72. The van der Waals surface area contributed by atoms with Gasteiger partial charge in [-0.25, -0.2) is 9.36 Å². The number of aryl methyl sites for hydroxylation is 1. The Morgan fingerprint density at radius 1 is 0.900 bits per heavy atom. The van der Waals surface area contributed by atoms with Gasteiger partial charge in [0.2, 0.25) is 6.79 Å². The van der Waals surface area contributed by atoms with Crippen LogP contribution in [0, 0.1) is 0 Å². The summed E-state index contributed by atoms with van der Waals surface area (Å²) < 4.78 is 14.8. The molecule has 7 nitrogen and oxygen atoms in total. The predicted octanol–water partition coefficient (Wildman–Crippen LogP) is -0.117. The van der Waals surface area contributed by atoms with E-state index < -0.39 is 0 Å². The van der Waals surface area contributed by atoms with E-state index >= 15 is 0 Å². The summed E-state index contributed by atoms with van der Waals surface area (Å²) in [7, 11) is 0. The first-order chi connectivity index (χ1) is 14.7. The Balaban J connectivity index is 1.25. The molecular formula is C23H30N4O3+2. The van der Waals surface area contributed by atoms with Crippen molar-refractivity contribution >= 4 is 11.0 Å². The SMILES string of the molecule is CCCn1c(=O)n(C[NH+]2CC[NH+](Cc3ccc4c(c3)OCO4)CC2)c2ccccc21. The van der Waals surface area contributed by atoms with Crippen LogP contribution in [0.15, 0.2) is 47.3 Å². The van der Waals surface area contributed by atoms with Crippen molar-refractivity contribution in [1.29, 1.82) is 0 Å². The van der Waals surface area contributed by atoms with Crippen LogP contribution in [0.25, 0.3) is 11.0 Å². The van der Waals surface area contributed by atoms with Crippen molar-refractivity contribution in [2.24, 2.45) is 0 Å². The van der Waals surface area contributed by atoms with E-state index in [1.165, 1.54) is 10.5 Å². The molecule has 1 saturated heterocycles. The number of rotatable bonds is 6. The molecule has 7 heteroatoms. The molecule has 158 valence electrons. The molecule has 2 aliphatic rings. The van der Waals surface area contributed by atoms with Crippen LogP contribution in [0.1, 0.15) is 18.9 Å². The Morgan fingerprint density at radius 2 is 1.60 bits per heavy atom. The molecule has 0 saturated carbocycles. The molecule has 0 aliphatic carbocycles. The number of imidazole rings is 1. The summed E-state index contributed by atoms with van der Waals surface area (Å²) in [6.07, 6.45) is 0.961. The Morgan fingerprint density at radius 3 is 2.37 bits per heavy atom. The van der Waals surface area contributed by atoms with Gasteiger partial charge in [0.25, 0.3) is 0 Å². The van der Waals surface area contributed by atoms with Gasteiger partial charge in [-0.15, -0.1) is 0 Å². The second-order valence-electron chi connectivity index (χ2n) is 8.37. The second-order valence-corrected chi connectivity index (χ2v) is 8.37. The molecule has 3 aromatic rings. The van der Waals surface area contributed by atoms with Crippen LogP contribution in [0.5, 0.6) is 11.5 Å². The maximum absolute atomic E-state index is 13.0. The fraction of sp³-hybridized carbons (Fsp3) is 0.435. The number of nitrogens with one attached hydrogen (secondary N) is 2. The number of ether oxygens (including phenoxy) is 2. The number of hydrogen-bond donors (Lipinski definition) is 2. The van der Waals surface area contributed by atoms with Crippen LogP contribution >= 0.6 is 0 Å². The summed E-state index contributed by atoms with van der Waals surface area (Å²) in [4.78, 5) is 16.1. The summed E-state index contributed by atoms with van der Waals surface area (Å²) in [5, 5.41) is 0. The molecule has 0 spiro atoms. The molecule has 1 fully saturated rings. The molecule has 0 bridgehead atoms. The molecule has 30 heavy (non-hydrogen) atoms. The van der Waals surface area contributed by atoms with Gasteiger partial charge in [-0.3, -0.25) is 4.57 Å². The summed E-state index contributed by atoms with van der Waals surface area (Å²) in [6, 6.07) is 14.4. The van der Waals surface area contributed by atoms with Gasteiger partial charge in [0, 0.05) is 12.1 Å². The highest BCUT2D eigenvalue weighted by Crippen LogP contribution is 2.32. The molecule has 2 aromatic carbocycles. The molecule has 0 radical (unpaired) electrons. The minimum Gasteiger partial charge on any atom is -0.454 e. The number of fused-ring (bicyclic) bond motifs is 2. The van der Waals surface area contributed by atoms with Crippen molar-refractivity contribution in [1.82, 2.24) is 9.13 Å². The minimum atomic E-state index is 0.126. The van der Waals surface area contributed by atoms with E-state index in [1.807, 2.05) is 27.3 Å². The van der Waals surface area contributed by atoms with Crippen LogP contribution in [-0.2, 0) is 19.8 Å². The average Bonchev–Trinajstić information content (AvgIpc) is 3.34. The van der Waals surface area contributed by atoms with E-state index in [4.69, 9.17) is 9.47 Å². The van der Waals surface area contributed by atoms with Gasteiger partial charge < -0.3 is 19.3 Å². The topological polar surface area (TPSA) is 54.3 Å². The number of piperazine rings is 1. The van der Waals surface area contributed by atoms with Crippen molar-refractivity contribution in [2.75, 3.05) is 33.0 Å². The first-order valence-corrected chi connectivity index (χ1v) is 11.0. The van der Waals surface area contributed by atoms with Gasteiger partial charge in [-0.1, -0.05) is 19.1 Å². The van der Waals surface area contributed by atoms with Crippen LogP contribution in [0.3, 0.4) is 0 Å². The van der Waals surface area contributed by atoms with Gasteiger partial charge in [-0.05, 0) is 36.8 Å². The quantitative estimate of drug-likeness (QED) is 0.596. The predicted molar refractivity (Wildman–Crippen MR) is 114 cm³/mol. The molecule has 5 rings (SSSR count). The summed E-state index contributed by atoms with van der Waals surface area (Å²) in [6.45, 7) is 9.30. The number of hydrogen-bond acceptors (Lipinski definition) is 3. The largest absolute Gasteiger partial charge is 0.454 e. The Bertz CT molecular complexity index is 1100. The zero-order valence-electron chi connectivity index (χ0n) is 17.5. The lowest BCUT2D eigenvalue weighted by molar-refractivity contribution is -1.03. The third kappa shape index (κ3) is 3.59. The van der Waals surface area contributed by atoms with E-state index in [-0.39, 0.29) is 5.69 Å². The zero-order valence-corrected chi connectivity index (χ0v) is 17.5. The van der Waals surface area contributed by atoms with E-state index in [9.17, 15) is 4.79 Å². The summed E-state index contributed by atoms with van der Waals surface area (Å²) >= 11 is 0. The lowest BCUT2D eigenvalue weighted by atomic mass is 10.1. The molecule has 2 N–H and O–H groups in total. The van der Waals surface area contributed by atoms with E-state index in [2.05, 4.69) is 31.2 Å². The number of aromatic nitrogens is 2. The summed E-state index contributed by atoms with van der Waals surface area (Å²) in [5.74, 6) is 1.70. The van der Waals surface area contributed by atoms with Crippen LogP contribution < -0.4 is 25.0 Å². The minimum absolute atomic E-state index is 0.126. The smallest absolute Gasteiger partial charge is 0.333 e. The van der Waals surface area contributed by atoms with Crippen molar-refractivity contribution in [3.05, 3.63) is 58.5 Å². The van der Waals surface area contributed by atoms with Gasteiger partial charge >= 0.3 is 5.69 Å². The van der Waals surface area contributed by atoms with Gasteiger partial charge in [0.1, 0.15) is 32.7 Å². The highest BCUT2D eigenvalue weighted by Gasteiger charge is 2.25. The first-order valence-electron chi connectivity index (χ1n) is 11.0. The molecular weight excluding hydrogens is 380 g/mol. The van der Waals surface area contributed by atoms with Crippen LogP contribution in [-0.4, -0.2) is 42.1 Å². The molecule has 0 amide bonds. The van der Waals surface area contributed by atoms with Crippen LogP contribution in [0.2, 0.25) is 0 Å². The van der Waals surface area contributed by atoms with Crippen molar-refractivity contribution < 1.29 is 19.3 Å². The van der Waals surface area contributed by atoms with Crippen molar-refractivity contribution in [3.63, 3.8) is 0 Å². The highest BCUT2D eigenvalue weighted by molar-refractivity contribution is 5.75. The van der Waals surface area contributed by atoms with Gasteiger partial charge in [0.15, 0.2) is 18.2 Å². The van der Waals surface area contributed by atoms with Crippen LogP contribution in [0.4, 0.5) is 0 Å². The lowest BCUT2D eigenvalue weighted by Gasteiger charge is -2.29. The molecule has 2 aliphatic heterocycles. The molecule has 0 atom stereocenters. The third-order valence-corrected chi connectivity index (χ3v) is 6.31. The average molecular weight is 411 g/mol. The number of para-hydroxylation sites is 2. The fourth-order valence-electron chi connectivity index (χ4n) is 4.72. The highest BCUT2D eigenvalue weighted by atomic mass is 16.7. The maximum atomic E-state index is 13.0. The lowest BCUT2D eigenvalue weighted by Crippen LogP contribution is -3.27. The third-order valence-electron chi connectivity index (χ3n) is 6.31. The Hall–Kier alpha value is -2.77. The normalized spacial score (nSPS) is 20.7. The number of benzene rings is 2. The van der Waals surface area contributed by atoms with Crippen molar-refractivity contribution in [3.8, 4) is 11.5 Å².